The van der Waals surface area contributed by atoms with Gasteiger partial charge in [-0.15, -0.1) is 0 Å². The molecule has 1 aliphatic heterocycles. The maximum absolute atomic E-state index is 12.6. The molecule has 2 aliphatic rings. The van der Waals surface area contributed by atoms with Gasteiger partial charge in [-0.3, -0.25) is 0 Å². The number of carbonyl (C=O) groups is 1. The van der Waals surface area contributed by atoms with E-state index in [0.717, 1.165) is 57.7 Å². The van der Waals surface area contributed by atoms with Crippen LogP contribution in [0, 0.1) is 6.92 Å². The number of fused-ring (bicyclic) bond motifs is 1. The van der Waals surface area contributed by atoms with Gasteiger partial charge in [-0.2, -0.15) is 0 Å². The van der Waals surface area contributed by atoms with Crippen molar-refractivity contribution in [3.8, 4) is 0 Å². The molecule has 0 radical (unpaired) electrons. The summed E-state index contributed by atoms with van der Waals surface area (Å²) in [5.41, 5.74) is 5.93. The molecule has 4 rings (SSSR count). The molecule has 0 aromatic heterocycles. The standard InChI is InChI=1S/C24H32N4O/c1-3-27-13-15-28(16-14-27)23-12-11-20(17-18(23)2)25-24(29)26-22-10-6-8-19-7-4-5-9-21(19)22/h4-5,7,9,11-12,17,22H,3,6,8,10,13-16H2,1-2H3,(H2,25,26,29)/t22-/m1/s1. The Morgan fingerprint density at radius 1 is 1.10 bits per heavy atom. The SMILES string of the molecule is CCN1CCN(c2ccc(NC(=O)N[C@@H]3CCCc4ccccc43)cc2C)CC1. The second kappa shape index (κ2) is 8.87. The number of likely N-dealkylation sites (N-methyl/N-ethyl adjacent to an activating group) is 1. The van der Waals surface area contributed by atoms with E-state index < -0.39 is 0 Å². The topological polar surface area (TPSA) is 47.6 Å². The lowest BCUT2D eigenvalue weighted by Crippen LogP contribution is -2.46. The van der Waals surface area contributed by atoms with Crippen LogP contribution in [0.2, 0.25) is 0 Å². The fourth-order valence-corrected chi connectivity index (χ4v) is 4.62. The van der Waals surface area contributed by atoms with E-state index in [4.69, 9.17) is 0 Å². The third-order valence-corrected chi connectivity index (χ3v) is 6.29. The molecule has 2 aromatic rings. The number of anilines is 2. The average Bonchev–Trinajstić information content (AvgIpc) is 2.74. The van der Waals surface area contributed by atoms with Gasteiger partial charge < -0.3 is 20.4 Å². The van der Waals surface area contributed by atoms with Gasteiger partial charge in [0.05, 0.1) is 6.04 Å². The Morgan fingerprint density at radius 2 is 1.90 bits per heavy atom. The Morgan fingerprint density at radius 3 is 2.66 bits per heavy atom. The normalized spacial score (nSPS) is 19.5. The zero-order valence-electron chi connectivity index (χ0n) is 17.6. The van der Waals surface area contributed by atoms with Crippen LogP contribution in [0.15, 0.2) is 42.5 Å². The predicted octanol–water partition coefficient (Wildman–Crippen LogP) is 4.34. The van der Waals surface area contributed by atoms with E-state index in [1.165, 1.54) is 22.4 Å². The van der Waals surface area contributed by atoms with Crippen molar-refractivity contribution < 1.29 is 4.79 Å². The molecule has 5 nitrogen and oxygen atoms in total. The minimum atomic E-state index is -0.129. The molecule has 1 aliphatic carbocycles. The van der Waals surface area contributed by atoms with E-state index in [2.05, 4.69) is 70.7 Å². The van der Waals surface area contributed by atoms with Crippen LogP contribution >= 0.6 is 0 Å². The number of aryl methyl sites for hydroxylation is 2. The number of nitrogens with zero attached hydrogens (tertiary/aromatic N) is 2. The molecule has 1 heterocycles. The highest BCUT2D eigenvalue weighted by molar-refractivity contribution is 5.90. The Bertz CT molecular complexity index is 858. The van der Waals surface area contributed by atoms with Crippen LogP contribution in [0.3, 0.4) is 0 Å². The van der Waals surface area contributed by atoms with Gasteiger partial charge in [0.25, 0.3) is 0 Å². The lowest BCUT2D eigenvalue weighted by atomic mass is 9.88. The maximum atomic E-state index is 12.6. The molecule has 0 spiro atoms. The summed E-state index contributed by atoms with van der Waals surface area (Å²) in [4.78, 5) is 17.5. The molecular weight excluding hydrogens is 360 g/mol. The van der Waals surface area contributed by atoms with Gasteiger partial charge in [-0.1, -0.05) is 31.2 Å². The second-order valence-corrected chi connectivity index (χ2v) is 8.16. The molecule has 5 heteroatoms. The van der Waals surface area contributed by atoms with E-state index in [9.17, 15) is 4.79 Å². The molecule has 154 valence electrons. The summed E-state index contributed by atoms with van der Waals surface area (Å²) in [6, 6.07) is 14.6. The average molecular weight is 393 g/mol. The molecule has 2 amide bonds. The first-order valence-electron chi connectivity index (χ1n) is 10.9. The highest BCUT2D eigenvalue weighted by Gasteiger charge is 2.22. The summed E-state index contributed by atoms with van der Waals surface area (Å²) >= 11 is 0. The van der Waals surface area contributed by atoms with Crippen LogP contribution < -0.4 is 15.5 Å². The molecular formula is C24H32N4O. The lowest BCUT2D eigenvalue weighted by Gasteiger charge is -2.36. The molecule has 1 fully saturated rings. The van der Waals surface area contributed by atoms with Crippen LogP contribution in [0.25, 0.3) is 0 Å². The zero-order valence-corrected chi connectivity index (χ0v) is 17.6. The number of nitrogens with one attached hydrogen (secondary N) is 2. The monoisotopic (exact) mass is 392 g/mol. The third kappa shape index (κ3) is 4.56. The minimum Gasteiger partial charge on any atom is -0.369 e. The molecule has 0 saturated carbocycles. The van der Waals surface area contributed by atoms with Crippen molar-refractivity contribution in [1.82, 2.24) is 10.2 Å². The van der Waals surface area contributed by atoms with Crippen molar-refractivity contribution >= 4 is 17.4 Å². The maximum Gasteiger partial charge on any atom is 0.319 e. The van der Waals surface area contributed by atoms with Gasteiger partial charge in [-0.05, 0) is 67.6 Å². The number of urea groups is 1. The fraction of sp³-hybridized carbons (Fsp3) is 0.458. The quantitative estimate of drug-likeness (QED) is 0.814. The highest BCUT2D eigenvalue weighted by atomic mass is 16.2. The summed E-state index contributed by atoms with van der Waals surface area (Å²) in [5, 5.41) is 6.20. The number of amides is 2. The molecule has 2 N–H and O–H groups in total. The molecule has 2 aromatic carbocycles. The van der Waals surface area contributed by atoms with Crippen LogP contribution in [0.1, 0.15) is 42.5 Å². The number of carbonyl (C=O) groups excluding carboxylic acids is 1. The van der Waals surface area contributed by atoms with Crippen molar-refractivity contribution in [3.05, 3.63) is 59.2 Å². The minimum absolute atomic E-state index is 0.0928. The number of hydrogen-bond donors (Lipinski definition) is 2. The Kier molecular flexibility index (Phi) is 6.05. The Labute approximate surface area is 174 Å². The zero-order chi connectivity index (χ0) is 20.2. The smallest absolute Gasteiger partial charge is 0.319 e. The van der Waals surface area contributed by atoms with E-state index in [1.54, 1.807) is 0 Å². The lowest BCUT2D eigenvalue weighted by molar-refractivity contribution is 0.247. The van der Waals surface area contributed by atoms with Gasteiger partial charge in [0.15, 0.2) is 0 Å². The van der Waals surface area contributed by atoms with Crippen molar-refractivity contribution in [2.75, 3.05) is 42.9 Å². The summed E-state index contributed by atoms with van der Waals surface area (Å²) < 4.78 is 0. The van der Waals surface area contributed by atoms with Crippen LogP contribution in [0.4, 0.5) is 16.2 Å². The summed E-state index contributed by atoms with van der Waals surface area (Å²) in [6.45, 7) is 9.81. The summed E-state index contributed by atoms with van der Waals surface area (Å²) in [6.07, 6.45) is 3.20. The molecule has 0 unspecified atom stereocenters. The number of rotatable bonds is 4. The van der Waals surface area contributed by atoms with Crippen molar-refractivity contribution in [2.24, 2.45) is 0 Å². The summed E-state index contributed by atoms with van der Waals surface area (Å²) in [7, 11) is 0. The first-order valence-corrected chi connectivity index (χ1v) is 10.9. The van der Waals surface area contributed by atoms with Crippen LogP contribution in [0.5, 0.6) is 0 Å². The van der Waals surface area contributed by atoms with Crippen LogP contribution in [-0.4, -0.2) is 43.7 Å². The molecule has 1 atom stereocenters. The second-order valence-electron chi connectivity index (χ2n) is 8.16. The molecule has 29 heavy (non-hydrogen) atoms. The Hall–Kier alpha value is -2.53. The van der Waals surface area contributed by atoms with Crippen molar-refractivity contribution in [2.45, 2.75) is 39.2 Å². The largest absolute Gasteiger partial charge is 0.369 e. The van der Waals surface area contributed by atoms with Gasteiger partial charge in [0.1, 0.15) is 0 Å². The van der Waals surface area contributed by atoms with Gasteiger partial charge in [0, 0.05) is 37.6 Å². The first-order chi connectivity index (χ1) is 14.1. The summed E-state index contributed by atoms with van der Waals surface area (Å²) in [5.74, 6) is 0. The predicted molar refractivity (Wildman–Crippen MR) is 120 cm³/mol. The number of benzene rings is 2. The van der Waals surface area contributed by atoms with Crippen molar-refractivity contribution in [3.63, 3.8) is 0 Å². The van der Waals surface area contributed by atoms with Crippen molar-refractivity contribution in [1.29, 1.82) is 0 Å². The number of piperazine rings is 1. The molecule has 0 bridgehead atoms. The van der Waals surface area contributed by atoms with E-state index in [0.29, 0.717) is 0 Å². The van der Waals surface area contributed by atoms with Gasteiger partial charge in [0.2, 0.25) is 0 Å². The molecule has 1 saturated heterocycles. The van der Waals surface area contributed by atoms with E-state index in [-0.39, 0.29) is 12.1 Å². The number of hydrogen-bond acceptors (Lipinski definition) is 3. The van der Waals surface area contributed by atoms with Gasteiger partial charge >= 0.3 is 6.03 Å². The van der Waals surface area contributed by atoms with Crippen LogP contribution in [-0.2, 0) is 6.42 Å². The van der Waals surface area contributed by atoms with Gasteiger partial charge in [-0.25, -0.2) is 4.79 Å². The third-order valence-electron chi connectivity index (χ3n) is 6.29. The van der Waals surface area contributed by atoms with E-state index in [1.807, 2.05) is 6.07 Å². The first kappa shape index (κ1) is 19.8. The highest BCUT2D eigenvalue weighted by Crippen LogP contribution is 2.30. The fourth-order valence-electron chi connectivity index (χ4n) is 4.62. The Balaban J connectivity index is 1.38. The van der Waals surface area contributed by atoms with E-state index >= 15 is 0 Å².